The highest BCUT2D eigenvalue weighted by Gasteiger charge is 2.23. The van der Waals surface area contributed by atoms with Crippen LogP contribution in [0.15, 0.2) is 28.2 Å². The van der Waals surface area contributed by atoms with Gasteiger partial charge in [0.15, 0.2) is 5.16 Å². The van der Waals surface area contributed by atoms with Crippen molar-refractivity contribution in [3.05, 3.63) is 50.1 Å². The van der Waals surface area contributed by atoms with Crippen LogP contribution in [0.4, 0.5) is 0 Å². The van der Waals surface area contributed by atoms with E-state index in [1.165, 1.54) is 34.2 Å². The van der Waals surface area contributed by atoms with Gasteiger partial charge in [0, 0.05) is 19.0 Å². The van der Waals surface area contributed by atoms with Gasteiger partial charge in [-0.05, 0) is 68.4 Å². The van der Waals surface area contributed by atoms with E-state index >= 15 is 0 Å². The van der Waals surface area contributed by atoms with Crippen LogP contribution >= 0.6 is 23.1 Å². The lowest BCUT2D eigenvalue weighted by atomic mass is 9.97. The number of carbonyl (C=O) groups is 1. The maximum atomic E-state index is 13.7. The Balaban J connectivity index is 1.92. The van der Waals surface area contributed by atoms with Crippen molar-refractivity contribution < 1.29 is 4.79 Å². The van der Waals surface area contributed by atoms with Crippen LogP contribution in [0.1, 0.15) is 34.4 Å². The summed E-state index contributed by atoms with van der Waals surface area (Å²) in [5.41, 5.74) is 4.29. The predicted octanol–water partition coefficient (Wildman–Crippen LogP) is 4.12. The van der Waals surface area contributed by atoms with Gasteiger partial charge in [0.05, 0.1) is 16.8 Å². The van der Waals surface area contributed by atoms with E-state index in [9.17, 15) is 9.59 Å². The van der Waals surface area contributed by atoms with Gasteiger partial charge >= 0.3 is 0 Å². The molecule has 0 atom stereocenters. The van der Waals surface area contributed by atoms with E-state index < -0.39 is 0 Å². The molecule has 0 saturated heterocycles. The van der Waals surface area contributed by atoms with Crippen molar-refractivity contribution in [3.63, 3.8) is 0 Å². The smallest absolute Gasteiger partial charge is 0.267 e. The van der Waals surface area contributed by atoms with Crippen molar-refractivity contribution in [3.8, 4) is 5.69 Å². The van der Waals surface area contributed by atoms with Crippen molar-refractivity contribution >= 4 is 39.2 Å². The topological polar surface area (TPSA) is 55.2 Å². The van der Waals surface area contributed by atoms with Crippen molar-refractivity contribution in [1.29, 1.82) is 0 Å². The highest BCUT2D eigenvalue weighted by Crippen LogP contribution is 2.35. The summed E-state index contributed by atoms with van der Waals surface area (Å²) in [5, 5.41) is 1.35. The van der Waals surface area contributed by atoms with Crippen LogP contribution in [-0.2, 0) is 17.6 Å². The van der Waals surface area contributed by atoms with Gasteiger partial charge in [0.1, 0.15) is 4.83 Å². The summed E-state index contributed by atoms with van der Waals surface area (Å²) in [6, 6.07) is 6.03. The molecule has 1 aliphatic rings. The molecular weight excluding hydrogens is 402 g/mol. The van der Waals surface area contributed by atoms with Gasteiger partial charge in [0.25, 0.3) is 5.56 Å². The maximum Gasteiger partial charge on any atom is 0.267 e. The van der Waals surface area contributed by atoms with Crippen LogP contribution in [0.2, 0.25) is 0 Å². The molecule has 0 radical (unpaired) electrons. The maximum absolute atomic E-state index is 13.7. The Morgan fingerprint density at radius 1 is 1.21 bits per heavy atom. The number of thioether (sulfide) groups is 1. The summed E-state index contributed by atoms with van der Waals surface area (Å²) in [6.45, 7) is 4.11. The van der Waals surface area contributed by atoms with Gasteiger partial charge in [0.2, 0.25) is 5.91 Å². The Bertz CT molecular complexity index is 1160. The van der Waals surface area contributed by atoms with Crippen LogP contribution in [0.5, 0.6) is 0 Å². The Morgan fingerprint density at radius 3 is 2.69 bits per heavy atom. The first-order valence-corrected chi connectivity index (χ1v) is 11.6. The highest BCUT2D eigenvalue weighted by atomic mass is 32.2. The molecule has 152 valence electrons. The second-order valence-electron chi connectivity index (χ2n) is 7.77. The molecule has 2 heterocycles. The molecule has 0 saturated carbocycles. The minimum atomic E-state index is -0.0162. The quantitative estimate of drug-likeness (QED) is 0.464. The Kier molecular flexibility index (Phi) is 5.53. The molecule has 29 heavy (non-hydrogen) atoms. The molecule has 0 fully saturated rings. The minimum Gasteiger partial charge on any atom is -0.348 e. The Hall–Kier alpha value is -2.12. The fraction of sp³-hybridized carbons (Fsp3) is 0.409. The number of benzene rings is 1. The lowest BCUT2D eigenvalue weighted by Gasteiger charge is -2.15. The average Bonchev–Trinajstić information content (AvgIpc) is 3.07. The third-order valence-corrected chi connectivity index (χ3v) is 7.64. The van der Waals surface area contributed by atoms with Crippen molar-refractivity contribution in [1.82, 2.24) is 14.5 Å². The third kappa shape index (κ3) is 3.73. The first-order chi connectivity index (χ1) is 13.9. The van der Waals surface area contributed by atoms with Crippen LogP contribution in [-0.4, -0.2) is 40.2 Å². The summed E-state index contributed by atoms with van der Waals surface area (Å²) >= 11 is 2.98. The monoisotopic (exact) mass is 427 g/mol. The number of carbonyl (C=O) groups excluding carboxylic acids is 1. The van der Waals surface area contributed by atoms with Crippen LogP contribution in [0.25, 0.3) is 15.9 Å². The zero-order chi connectivity index (χ0) is 20.7. The number of amides is 1. The Morgan fingerprint density at radius 2 is 1.97 bits per heavy atom. The molecule has 5 nitrogen and oxygen atoms in total. The van der Waals surface area contributed by atoms with Gasteiger partial charge in [-0.3, -0.25) is 14.2 Å². The van der Waals surface area contributed by atoms with E-state index in [1.54, 1.807) is 34.9 Å². The summed E-state index contributed by atoms with van der Waals surface area (Å²) in [5.74, 6) is 0.252. The molecule has 0 unspecified atom stereocenters. The first-order valence-electron chi connectivity index (χ1n) is 9.84. The Labute approximate surface area is 178 Å². The summed E-state index contributed by atoms with van der Waals surface area (Å²) in [6.07, 6.45) is 4.27. The van der Waals surface area contributed by atoms with Gasteiger partial charge in [-0.25, -0.2) is 4.98 Å². The molecule has 0 bridgehead atoms. The number of rotatable bonds is 4. The molecular formula is C22H25N3O2S2. The molecule has 7 heteroatoms. The van der Waals surface area contributed by atoms with Gasteiger partial charge in [-0.1, -0.05) is 17.8 Å². The van der Waals surface area contributed by atoms with Crippen LogP contribution < -0.4 is 5.56 Å². The standard InChI is InChI=1S/C22H25N3O2S2/c1-13-9-10-15(11-14(13)2)25-21(27)19-16-7-5-6-8-17(16)29-20(19)23-22(25)28-12-18(26)24(3)4/h9-11H,5-8,12H2,1-4H3. The van der Waals surface area contributed by atoms with E-state index in [-0.39, 0.29) is 17.2 Å². The lowest BCUT2D eigenvalue weighted by molar-refractivity contribution is -0.125. The molecule has 2 aromatic heterocycles. The number of hydrogen-bond acceptors (Lipinski definition) is 5. The van der Waals surface area contributed by atoms with Gasteiger partial charge in [-0.2, -0.15) is 0 Å². The second kappa shape index (κ2) is 7.95. The van der Waals surface area contributed by atoms with Crippen molar-refractivity contribution in [2.24, 2.45) is 0 Å². The van der Waals surface area contributed by atoms with E-state index in [2.05, 4.69) is 6.92 Å². The molecule has 1 aliphatic carbocycles. The predicted molar refractivity (Wildman–Crippen MR) is 121 cm³/mol. The molecule has 1 amide bonds. The fourth-order valence-electron chi connectivity index (χ4n) is 3.63. The number of thiophene rings is 1. The van der Waals surface area contributed by atoms with E-state index in [1.807, 2.05) is 25.1 Å². The van der Waals surface area contributed by atoms with Crippen LogP contribution in [0, 0.1) is 13.8 Å². The highest BCUT2D eigenvalue weighted by molar-refractivity contribution is 7.99. The first kappa shape index (κ1) is 20.2. The number of aromatic nitrogens is 2. The molecule has 0 spiro atoms. The van der Waals surface area contributed by atoms with Crippen LogP contribution in [0.3, 0.4) is 0 Å². The molecule has 3 aromatic rings. The minimum absolute atomic E-state index is 0.00135. The SMILES string of the molecule is Cc1ccc(-n2c(SCC(=O)N(C)C)nc3sc4c(c3c2=O)CCCC4)cc1C. The van der Waals surface area contributed by atoms with E-state index in [0.717, 1.165) is 40.7 Å². The average molecular weight is 428 g/mol. The van der Waals surface area contributed by atoms with Crippen molar-refractivity contribution in [2.45, 2.75) is 44.7 Å². The molecule has 0 N–H and O–H groups in total. The van der Waals surface area contributed by atoms with Gasteiger partial charge < -0.3 is 4.90 Å². The normalized spacial score (nSPS) is 13.5. The summed E-state index contributed by atoms with van der Waals surface area (Å²) in [4.78, 5) is 34.4. The summed E-state index contributed by atoms with van der Waals surface area (Å²) in [7, 11) is 3.48. The third-order valence-electron chi connectivity index (χ3n) is 5.53. The number of aryl methyl sites for hydroxylation is 4. The zero-order valence-electron chi connectivity index (χ0n) is 17.2. The molecule has 4 rings (SSSR count). The fourth-order valence-corrected chi connectivity index (χ4v) is 5.92. The van der Waals surface area contributed by atoms with Crippen molar-refractivity contribution in [2.75, 3.05) is 19.8 Å². The zero-order valence-corrected chi connectivity index (χ0v) is 18.9. The van der Waals surface area contributed by atoms with E-state index in [0.29, 0.717) is 5.16 Å². The largest absolute Gasteiger partial charge is 0.348 e. The number of hydrogen-bond donors (Lipinski definition) is 0. The van der Waals surface area contributed by atoms with Gasteiger partial charge in [-0.15, -0.1) is 11.3 Å². The number of fused-ring (bicyclic) bond motifs is 3. The second-order valence-corrected chi connectivity index (χ2v) is 9.80. The molecule has 1 aromatic carbocycles. The molecule has 0 aliphatic heterocycles. The number of nitrogens with zero attached hydrogens (tertiary/aromatic N) is 3. The summed E-state index contributed by atoms with van der Waals surface area (Å²) < 4.78 is 1.70. The van der Waals surface area contributed by atoms with E-state index in [4.69, 9.17) is 4.98 Å². The lowest BCUT2D eigenvalue weighted by Crippen LogP contribution is -2.25.